The molecule has 0 saturated carbocycles. The standard InChI is InChI=1S/C26H30N8O4S2/c1-18(31-25-21-7-3-6-20(24(21)29-17-30-25)19-5-4-8-27-13-19)15-33-9-11-34(12-10-33)40(36,37)23-14-28-26(39-23)32-22(35)16-38-2/h3-8,13-14,17-18H,9-12,15-16H2,1-2H3,(H,28,32,35)(H,29,30,31)/t18-/m0/s1. The van der Waals surface area contributed by atoms with Crippen LogP contribution in [0, 0.1) is 0 Å². The normalized spacial score (nSPS) is 15.7. The first-order chi connectivity index (χ1) is 19.3. The third-order valence-corrected chi connectivity index (χ3v) is 9.73. The quantitative estimate of drug-likeness (QED) is 0.286. The second-order valence-corrected chi connectivity index (χ2v) is 12.6. The van der Waals surface area contributed by atoms with E-state index in [1.807, 2.05) is 36.5 Å². The summed E-state index contributed by atoms with van der Waals surface area (Å²) in [6.07, 6.45) is 6.41. The fraction of sp³-hybridized carbons (Fsp3) is 0.346. The Hall–Kier alpha value is -3.56. The summed E-state index contributed by atoms with van der Waals surface area (Å²) < 4.78 is 32.6. The number of methoxy groups -OCH3 is 1. The van der Waals surface area contributed by atoms with Crippen molar-refractivity contribution in [3.63, 3.8) is 0 Å². The highest BCUT2D eigenvalue weighted by Gasteiger charge is 2.31. The number of nitrogens with one attached hydrogen (secondary N) is 2. The van der Waals surface area contributed by atoms with Crippen LogP contribution in [0.3, 0.4) is 0 Å². The molecule has 0 radical (unpaired) electrons. The van der Waals surface area contributed by atoms with E-state index in [0.717, 1.165) is 45.7 Å². The number of benzene rings is 1. The molecule has 210 valence electrons. The van der Waals surface area contributed by atoms with Gasteiger partial charge in [-0.05, 0) is 19.1 Å². The van der Waals surface area contributed by atoms with Gasteiger partial charge in [-0.1, -0.05) is 29.5 Å². The van der Waals surface area contributed by atoms with Crippen LogP contribution in [0.2, 0.25) is 0 Å². The number of rotatable bonds is 10. The lowest BCUT2D eigenvalue weighted by Crippen LogP contribution is -2.50. The number of sulfonamides is 1. The first kappa shape index (κ1) is 28.0. The summed E-state index contributed by atoms with van der Waals surface area (Å²) in [5.74, 6) is 0.365. The molecule has 1 atom stereocenters. The van der Waals surface area contributed by atoms with E-state index in [1.165, 1.54) is 17.6 Å². The Kier molecular flexibility index (Phi) is 8.61. The molecule has 1 aliphatic heterocycles. The number of piperazine rings is 1. The van der Waals surface area contributed by atoms with Crippen molar-refractivity contribution in [2.75, 3.05) is 57.1 Å². The van der Waals surface area contributed by atoms with Gasteiger partial charge in [-0.3, -0.25) is 20.0 Å². The number of hydrogen-bond donors (Lipinski definition) is 2. The molecule has 40 heavy (non-hydrogen) atoms. The van der Waals surface area contributed by atoms with E-state index >= 15 is 0 Å². The number of carbonyl (C=O) groups is 1. The molecule has 1 amide bonds. The largest absolute Gasteiger partial charge is 0.375 e. The number of pyridine rings is 1. The minimum atomic E-state index is -3.70. The summed E-state index contributed by atoms with van der Waals surface area (Å²) in [7, 11) is -2.29. The molecule has 1 aliphatic rings. The molecule has 1 aromatic carbocycles. The molecule has 2 N–H and O–H groups in total. The molecule has 0 bridgehead atoms. The molecule has 0 unspecified atom stereocenters. The van der Waals surface area contributed by atoms with Crippen LogP contribution < -0.4 is 10.6 Å². The van der Waals surface area contributed by atoms with Crippen LogP contribution in [-0.4, -0.2) is 95.9 Å². The van der Waals surface area contributed by atoms with Crippen molar-refractivity contribution < 1.29 is 17.9 Å². The topological polar surface area (TPSA) is 143 Å². The van der Waals surface area contributed by atoms with Gasteiger partial charge in [-0.2, -0.15) is 4.31 Å². The Morgan fingerprint density at radius 3 is 2.67 bits per heavy atom. The van der Waals surface area contributed by atoms with Crippen LogP contribution in [0.25, 0.3) is 22.0 Å². The van der Waals surface area contributed by atoms with Crippen LogP contribution in [0.1, 0.15) is 6.92 Å². The SMILES string of the molecule is COCC(=O)Nc1ncc(S(=O)(=O)N2CCN(C[C@H](C)Nc3ncnc4c(-c5cccnc5)cccc34)CC2)s1. The predicted molar refractivity (Wildman–Crippen MR) is 154 cm³/mol. The van der Waals surface area contributed by atoms with E-state index in [-0.39, 0.29) is 27.9 Å². The highest BCUT2D eigenvalue weighted by atomic mass is 32.2. The predicted octanol–water partition coefficient (Wildman–Crippen LogP) is 2.54. The molecule has 0 spiro atoms. The van der Waals surface area contributed by atoms with Gasteiger partial charge < -0.3 is 10.1 Å². The van der Waals surface area contributed by atoms with Crippen molar-refractivity contribution in [1.29, 1.82) is 0 Å². The minimum absolute atomic E-state index is 0.0584. The van der Waals surface area contributed by atoms with E-state index in [0.29, 0.717) is 26.2 Å². The van der Waals surface area contributed by atoms with E-state index in [4.69, 9.17) is 4.74 Å². The maximum Gasteiger partial charge on any atom is 0.254 e. The van der Waals surface area contributed by atoms with E-state index in [2.05, 4.69) is 42.4 Å². The van der Waals surface area contributed by atoms with Gasteiger partial charge in [-0.15, -0.1) is 0 Å². The number of anilines is 2. The van der Waals surface area contributed by atoms with Crippen LogP contribution in [0.5, 0.6) is 0 Å². The monoisotopic (exact) mass is 582 g/mol. The van der Waals surface area contributed by atoms with E-state index in [1.54, 1.807) is 12.5 Å². The van der Waals surface area contributed by atoms with Gasteiger partial charge in [-0.25, -0.2) is 23.4 Å². The van der Waals surface area contributed by atoms with E-state index < -0.39 is 10.0 Å². The average Bonchev–Trinajstić information content (AvgIpc) is 3.43. The number of para-hydroxylation sites is 1. The highest BCUT2D eigenvalue weighted by molar-refractivity contribution is 7.91. The highest BCUT2D eigenvalue weighted by Crippen LogP contribution is 2.30. The van der Waals surface area contributed by atoms with Crippen molar-refractivity contribution in [3.05, 3.63) is 55.2 Å². The number of amides is 1. The first-order valence-electron chi connectivity index (χ1n) is 12.7. The van der Waals surface area contributed by atoms with Crippen molar-refractivity contribution in [1.82, 2.24) is 29.1 Å². The van der Waals surface area contributed by atoms with Gasteiger partial charge in [0, 0.05) is 74.8 Å². The summed E-state index contributed by atoms with van der Waals surface area (Å²) in [4.78, 5) is 31.2. The molecule has 4 aromatic rings. The molecule has 0 aliphatic carbocycles. The molecular weight excluding hydrogens is 552 g/mol. The zero-order valence-electron chi connectivity index (χ0n) is 22.1. The van der Waals surface area contributed by atoms with Gasteiger partial charge in [0.2, 0.25) is 0 Å². The van der Waals surface area contributed by atoms with Crippen LogP contribution in [0.4, 0.5) is 10.9 Å². The third kappa shape index (κ3) is 6.26. The van der Waals surface area contributed by atoms with Crippen LogP contribution in [-0.2, 0) is 19.6 Å². The number of carbonyl (C=O) groups excluding carboxylic acids is 1. The fourth-order valence-corrected chi connectivity index (χ4v) is 7.25. The molecular formula is C26H30N8O4S2. The summed E-state index contributed by atoms with van der Waals surface area (Å²) in [5, 5.41) is 7.21. The molecule has 4 heterocycles. The fourth-order valence-electron chi connectivity index (χ4n) is 4.63. The lowest BCUT2D eigenvalue weighted by atomic mass is 10.0. The maximum absolute atomic E-state index is 13.1. The molecule has 1 saturated heterocycles. The van der Waals surface area contributed by atoms with Gasteiger partial charge in [0.1, 0.15) is 18.8 Å². The van der Waals surface area contributed by atoms with Gasteiger partial charge in [0.15, 0.2) is 9.34 Å². The number of ether oxygens (including phenoxy) is 1. The lowest BCUT2D eigenvalue weighted by molar-refractivity contribution is -0.119. The molecule has 5 rings (SSSR count). The first-order valence-corrected chi connectivity index (χ1v) is 15.0. The zero-order chi connectivity index (χ0) is 28.1. The van der Waals surface area contributed by atoms with Crippen molar-refractivity contribution in [3.8, 4) is 11.1 Å². The Morgan fingerprint density at radius 2 is 1.93 bits per heavy atom. The summed E-state index contributed by atoms with van der Waals surface area (Å²) in [5.41, 5.74) is 2.83. The Bertz CT molecular complexity index is 1570. The Morgan fingerprint density at radius 1 is 1.10 bits per heavy atom. The maximum atomic E-state index is 13.1. The number of nitrogens with zero attached hydrogens (tertiary/aromatic N) is 6. The second kappa shape index (κ2) is 12.3. The van der Waals surface area contributed by atoms with Crippen LogP contribution in [0.15, 0.2) is 59.5 Å². The molecule has 12 nitrogen and oxygen atoms in total. The Labute approximate surface area is 236 Å². The second-order valence-electron chi connectivity index (χ2n) is 9.38. The van der Waals surface area contributed by atoms with Crippen molar-refractivity contribution >= 4 is 49.1 Å². The minimum Gasteiger partial charge on any atom is -0.375 e. The van der Waals surface area contributed by atoms with Crippen LogP contribution >= 0.6 is 11.3 Å². The zero-order valence-corrected chi connectivity index (χ0v) is 23.8. The smallest absolute Gasteiger partial charge is 0.254 e. The van der Waals surface area contributed by atoms with E-state index in [9.17, 15) is 13.2 Å². The molecule has 14 heteroatoms. The molecule has 1 fully saturated rings. The number of fused-ring (bicyclic) bond motifs is 1. The van der Waals surface area contributed by atoms with Gasteiger partial charge in [0.05, 0.1) is 11.7 Å². The number of aromatic nitrogens is 4. The molecule has 3 aromatic heterocycles. The van der Waals surface area contributed by atoms with Crippen molar-refractivity contribution in [2.45, 2.75) is 17.2 Å². The van der Waals surface area contributed by atoms with Crippen molar-refractivity contribution in [2.24, 2.45) is 0 Å². The third-order valence-electron chi connectivity index (χ3n) is 6.48. The summed E-state index contributed by atoms with van der Waals surface area (Å²) >= 11 is 0.933. The Balaban J connectivity index is 1.19. The number of thiazole rings is 1. The van der Waals surface area contributed by atoms with Gasteiger partial charge >= 0.3 is 0 Å². The summed E-state index contributed by atoms with van der Waals surface area (Å²) in [6.45, 7) is 4.59. The van der Waals surface area contributed by atoms with Gasteiger partial charge in [0.25, 0.3) is 15.9 Å². The number of hydrogen-bond acceptors (Lipinski definition) is 11. The average molecular weight is 583 g/mol. The lowest BCUT2D eigenvalue weighted by Gasteiger charge is -2.35. The summed E-state index contributed by atoms with van der Waals surface area (Å²) in [6, 6.07) is 9.99.